The minimum absolute atomic E-state index is 0. The van der Waals surface area contributed by atoms with Crippen molar-refractivity contribution in [2.45, 2.75) is 13.3 Å². The molecule has 4 heterocycles. The molecule has 0 aliphatic heterocycles. The van der Waals surface area contributed by atoms with Crippen molar-refractivity contribution in [2.75, 3.05) is 0 Å². The summed E-state index contributed by atoms with van der Waals surface area (Å²) in [4.78, 5) is 15.6. The average Bonchev–Trinajstić information content (AvgIpc) is 3.15. The molecule has 0 saturated carbocycles. The van der Waals surface area contributed by atoms with E-state index in [-0.39, 0.29) is 1.43 Å². The number of hydrogen-bond acceptors (Lipinski definition) is 4. The predicted molar refractivity (Wildman–Crippen MR) is 84.9 cm³/mol. The number of hydrogen-bond donors (Lipinski definition) is 1. The van der Waals surface area contributed by atoms with Crippen LogP contribution in [-0.2, 0) is 6.42 Å². The molecule has 6 nitrogen and oxygen atoms in total. The molecular formula is C16H16N6. The van der Waals surface area contributed by atoms with Crippen LogP contribution in [0.4, 0.5) is 0 Å². The molecule has 0 saturated heterocycles. The second-order valence-electron chi connectivity index (χ2n) is 5.18. The van der Waals surface area contributed by atoms with Gasteiger partial charge in [0.1, 0.15) is 12.0 Å². The summed E-state index contributed by atoms with van der Waals surface area (Å²) >= 11 is 0. The molecule has 110 valence electrons. The van der Waals surface area contributed by atoms with Crippen LogP contribution in [0.2, 0.25) is 0 Å². The summed E-state index contributed by atoms with van der Waals surface area (Å²) in [6.45, 7) is 2.02. The van der Waals surface area contributed by atoms with Crippen molar-refractivity contribution in [3.05, 3.63) is 66.3 Å². The first-order valence-corrected chi connectivity index (χ1v) is 7.03. The zero-order chi connectivity index (χ0) is 14.9. The Balaban J connectivity index is 0.00000156. The van der Waals surface area contributed by atoms with Crippen LogP contribution in [0.15, 0.2) is 49.4 Å². The molecule has 6 heteroatoms. The topological polar surface area (TPSA) is 72.3 Å². The zero-order valence-electron chi connectivity index (χ0n) is 12.1. The van der Waals surface area contributed by atoms with E-state index >= 15 is 0 Å². The lowest BCUT2D eigenvalue weighted by Gasteiger charge is -2.02. The van der Waals surface area contributed by atoms with Gasteiger partial charge in [-0.25, -0.2) is 19.6 Å². The van der Waals surface area contributed by atoms with Crippen molar-refractivity contribution in [3.8, 4) is 5.69 Å². The van der Waals surface area contributed by atoms with Gasteiger partial charge in [0.2, 0.25) is 0 Å². The average molecular weight is 292 g/mol. The third-order valence-corrected chi connectivity index (χ3v) is 3.69. The van der Waals surface area contributed by atoms with Gasteiger partial charge in [-0.05, 0) is 30.2 Å². The van der Waals surface area contributed by atoms with Crippen molar-refractivity contribution in [3.63, 3.8) is 0 Å². The smallest absolute Gasteiger partial charge is 0.139 e. The maximum atomic E-state index is 4.64. The molecule has 4 rings (SSSR count). The normalized spacial score (nSPS) is 11.1. The van der Waals surface area contributed by atoms with Crippen LogP contribution in [0.5, 0.6) is 0 Å². The van der Waals surface area contributed by atoms with Crippen molar-refractivity contribution in [2.24, 2.45) is 0 Å². The second kappa shape index (κ2) is 5.07. The first-order valence-electron chi connectivity index (χ1n) is 7.03. The summed E-state index contributed by atoms with van der Waals surface area (Å²) in [5.74, 6) is 0. The number of aryl methyl sites for hydroxylation is 1. The second-order valence-corrected chi connectivity index (χ2v) is 5.18. The molecule has 0 amide bonds. The standard InChI is InChI=1S/C16H14N6.H2/c1-11-13(6-12-7-17-10-18-8-12)9-22(21-11)15-3-5-20-16-14(15)2-4-19-16;/h2-5,7-10H,6H2,1H3,(H,19,20);1H. The van der Waals surface area contributed by atoms with Gasteiger partial charge in [-0.15, -0.1) is 0 Å². The molecule has 1 N–H and O–H groups in total. The molecule has 0 atom stereocenters. The summed E-state index contributed by atoms with van der Waals surface area (Å²) in [6.07, 6.45) is 11.7. The number of aromatic nitrogens is 6. The fourth-order valence-corrected chi connectivity index (χ4v) is 2.58. The zero-order valence-corrected chi connectivity index (χ0v) is 12.1. The lowest BCUT2D eigenvalue weighted by Crippen LogP contribution is -1.96. The van der Waals surface area contributed by atoms with Gasteiger partial charge in [0.15, 0.2) is 0 Å². The molecule has 0 fully saturated rings. The monoisotopic (exact) mass is 292 g/mol. The molecule has 0 unspecified atom stereocenters. The summed E-state index contributed by atoms with van der Waals surface area (Å²) in [5.41, 5.74) is 5.12. The minimum Gasteiger partial charge on any atom is -0.346 e. The van der Waals surface area contributed by atoms with Gasteiger partial charge in [0, 0.05) is 44.2 Å². The summed E-state index contributed by atoms with van der Waals surface area (Å²) < 4.78 is 1.91. The van der Waals surface area contributed by atoms with Gasteiger partial charge in [-0.2, -0.15) is 5.10 Å². The fraction of sp³-hybridized carbons (Fsp3) is 0.125. The Morgan fingerprint density at radius 3 is 2.95 bits per heavy atom. The highest BCUT2D eigenvalue weighted by atomic mass is 15.3. The highest BCUT2D eigenvalue weighted by Crippen LogP contribution is 2.21. The third kappa shape index (κ3) is 2.14. The first kappa shape index (κ1) is 12.7. The number of fused-ring (bicyclic) bond motifs is 1. The molecule has 0 radical (unpaired) electrons. The summed E-state index contributed by atoms with van der Waals surface area (Å²) in [5, 5.41) is 5.70. The van der Waals surface area contributed by atoms with E-state index in [1.54, 1.807) is 12.5 Å². The Labute approximate surface area is 128 Å². The van der Waals surface area contributed by atoms with E-state index in [9.17, 15) is 0 Å². The van der Waals surface area contributed by atoms with E-state index < -0.39 is 0 Å². The van der Waals surface area contributed by atoms with E-state index in [0.29, 0.717) is 0 Å². The van der Waals surface area contributed by atoms with Crippen LogP contribution in [0.1, 0.15) is 18.2 Å². The summed E-state index contributed by atoms with van der Waals surface area (Å²) in [6, 6.07) is 3.98. The highest BCUT2D eigenvalue weighted by Gasteiger charge is 2.10. The number of nitrogens with zero attached hydrogens (tertiary/aromatic N) is 5. The summed E-state index contributed by atoms with van der Waals surface area (Å²) in [7, 11) is 0. The predicted octanol–water partition coefficient (Wildman–Crippen LogP) is 2.68. The molecule has 4 aromatic heterocycles. The van der Waals surface area contributed by atoms with Gasteiger partial charge in [-0.1, -0.05) is 0 Å². The Morgan fingerprint density at radius 1 is 1.23 bits per heavy atom. The van der Waals surface area contributed by atoms with Crippen LogP contribution in [0, 0.1) is 6.92 Å². The number of nitrogens with one attached hydrogen (secondary N) is 1. The largest absolute Gasteiger partial charge is 0.346 e. The van der Waals surface area contributed by atoms with Crippen molar-refractivity contribution in [1.29, 1.82) is 0 Å². The SMILES string of the molecule is Cc1nn(-c2ccnc3[nH]ccc23)cc1Cc1cncnc1.[HH]. The van der Waals surface area contributed by atoms with Crippen molar-refractivity contribution < 1.29 is 1.43 Å². The van der Waals surface area contributed by atoms with Crippen LogP contribution < -0.4 is 0 Å². The first-order chi connectivity index (χ1) is 10.8. The lowest BCUT2D eigenvalue weighted by atomic mass is 10.1. The maximum Gasteiger partial charge on any atom is 0.139 e. The molecule has 0 aliphatic carbocycles. The molecule has 0 spiro atoms. The quantitative estimate of drug-likeness (QED) is 0.630. The molecule has 22 heavy (non-hydrogen) atoms. The minimum atomic E-state index is 0. The van der Waals surface area contributed by atoms with Crippen LogP contribution >= 0.6 is 0 Å². The Bertz CT molecular complexity index is 928. The molecule has 0 aliphatic rings. The molecular weight excluding hydrogens is 276 g/mol. The van der Waals surface area contributed by atoms with Gasteiger partial charge >= 0.3 is 0 Å². The Morgan fingerprint density at radius 2 is 2.09 bits per heavy atom. The van der Waals surface area contributed by atoms with Crippen molar-refractivity contribution in [1.82, 2.24) is 29.7 Å². The number of pyridine rings is 1. The third-order valence-electron chi connectivity index (χ3n) is 3.69. The highest BCUT2D eigenvalue weighted by molar-refractivity contribution is 5.84. The molecule has 0 aromatic carbocycles. The van der Waals surface area contributed by atoms with E-state index in [4.69, 9.17) is 0 Å². The number of H-pyrrole nitrogens is 1. The van der Waals surface area contributed by atoms with Gasteiger partial charge in [-0.3, -0.25) is 0 Å². The van der Waals surface area contributed by atoms with E-state index in [2.05, 4.69) is 31.2 Å². The van der Waals surface area contributed by atoms with Crippen LogP contribution in [-0.4, -0.2) is 29.7 Å². The number of rotatable bonds is 3. The van der Waals surface area contributed by atoms with Gasteiger partial charge in [0.05, 0.1) is 11.4 Å². The molecule has 4 aromatic rings. The van der Waals surface area contributed by atoms with E-state index in [1.807, 2.05) is 42.3 Å². The fourth-order valence-electron chi connectivity index (χ4n) is 2.58. The van der Waals surface area contributed by atoms with Gasteiger partial charge in [0.25, 0.3) is 0 Å². The van der Waals surface area contributed by atoms with Gasteiger partial charge < -0.3 is 4.98 Å². The van der Waals surface area contributed by atoms with E-state index in [0.717, 1.165) is 40.0 Å². The Kier molecular flexibility index (Phi) is 2.93. The number of aromatic amines is 1. The van der Waals surface area contributed by atoms with E-state index in [1.165, 1.54) is 0 Å². The lowest BCUT2D eigenvalue weighted by molar-refractivity contribution is 0.868. The van der Waals surface area contributed by atoms with Crippen LogP contribution in [0.25, 0.3) is 16.7 Å². The maximum absolute atomic E-state index is 4.64. The van der Waals surface area contributed by atoms with Crippen LogP contribution in [0.3, 0.4) is 0 Å². The van der Waals surface area contributed by atoms with Crippen molar-refractivity contribution >= 4 is 11.0 Å². The Hall–Kier alpha value is -3.02. The molecule has 0 bridgehead atoms.